The fourth-order valence-electron chi connectivity index (χ4n) is 0. The van der Waals surface area contributed by atoms with Crippen molar-refractivity contribution in [3.8, 4) is 0 Å². The van der Waals surface area contributed by atoms with E-state index >= 15 is 0 Å². The van der Waals surface area contributed by atoms with E-state index in [1.165, 1.54) is 0 Å². The largest absolute Gasteiger partial charge is 6.00 e. The number of rotatable bonds is 0. The Balaban J connectivity index is 0. The minimum atomic E-state index is 0. The van der Waals surface area contributed by atoms with Gasteiger partial charge in [0, 0.05) is 0 Å². The van der Waals surface area contributed by atoms with Gasteiger partial charge in [0.1, 0.15) is 0 Å². The third-order valence-corrected chi connectivity index (χ3v) is 0. The normalized spacial score (nSPS) is 0. The molecule has 0 unspecified atom stereocenters. The maximum absolute atomic E-state index is 0. The van der Waals surface area contributed by atoms with Crippen molar-refractivity contribution in [2.24, 2.45) is 0 Å². The van der Waals surface area contributed by atoms with Gasteiger partial charge >= 0.3 is 141 Å². The molecule has 0 atom stereocenters. The molecule has 0 aromatic heterocycles. The van der Waals surface area contributed by atoms with E-state index < -0.39 is 0 Å². The Morgan fingerprint density at radius 2 is 0.188 bits per heavy atom. The van der Waals surface area contributed by atoms with Gasteiger partial charge in [0.2, 0.25) is 0 Å². The third-order valence-electron chi connectivity index (χ3n) is 0. The Labute approximate surface area is 235 Å². The molecule has 0 fully saturated rings. The van der Waals surface area contributed by atoms with E-state index in [-0.39, 0.29) is 240 Å². The monoisotopic (exact) mass is 1140 g/mol. The van der Waals surface area contributed by atoms with Crippen molar-refractivity contribution < 1.29 is 141 Å². The Morgan fingerprint density at radius 3 is 0.188 bits per heavy atom. The molecule has 0 aliphatic heterocycles. The molecule has 0 N–H and O–H groups in total. The molecule has 0 amide bonds. The standard InChI is InChI=1S/3Hf.3Mo.10P/q3*+4;3*+6;10*-3. The molecular weight excluding hydrogens is 1130 g/mol. The van der Waals surface area contributed by atoms with Gasteiger partial charge in [-0.3, -0.25) is 0 Å². The zero-order chi connectivity index (χ0) is 0. The molecule has 0 saturated carbocycles. The van der Waals surface area contributed by atoms with Crippen LogP contribution in [0.1, 0.15) is 0 Å². The van der Waals surface area contributed by atoms with Gasteiger partial charge < -0.3 is 99.0 Å². The Morgan fingerprint density at radius 1 is 0.188 bits per heavy atom. The predicted molar refractivity (Wildman–Crippen MR) is 69.2 cm³/mol. The average molecular weight is 1130 g/mol. The second kappa shape index (κ2) is 157. The first kappa shape index (κ1) is 178. The molecule has 0 bridgehead atoms. The number of hydrogen-bond acceptors (Lipinski definition) is 0. The summed E-state index contributed by atoms with van der Waals surface area (Å²) in [5.41, 5.74) is 0. The minimum Gasteiger partial charge on any atom is -3.00 e. The van der Waals surface area contributed by atoms with Crippen LogP contribution < -0.4 is 0 Å². The molecule has 0 aromatic carbocycles. The zero-order valence-corrected chi connectivity index (χ0v) is 32.9. The fourth-order valence-corrected chi connectivity index (χ4v) is 0. The van der Waals surface area contributed by atoms with Crippen molar-refractivity contribution in [2.75, 3.05) is 0 Å². The molecule has 16 heteroatoms. The first-order valence-corrected chi connectivity index (χ1v) is 0. The summed E-state index contributed by atoms with van der Waals surface area (Å²) in [6, 6.07) is 0. The minimum absolute atomic E-state index is 0. The number of hydrogen-bond donors (Lipinski definition) is 0. The molecule has 0 spiro atoms. The van der Waals surface area contributed by atoms with Crippen LogP contribution >= 0.6 is 99.0 Å². The summed E-state index contributed by atoms with van der Waals surface area (Å²) in [4.78, 5) is 0. The van der Waals surface area contributed by atoms with Gasteiger partial charge in [-0.25, -0.2) is 0 Å². The zero-order valence-electron chi connectivity index (χ0n) is 7.20. The van der Waals surface area contributed by atoms with Gasteiger partial charge in [0.05, 0.1) is 0 Å². The maximum Gasteiger partial charge on any atom is 6.00 e. The molecule has 16 heavy (non-hydrogen) atoms. The molecule has 0 heterocycles. The smallest absolute Gasteiger partial charge is 3.00 e. The van der Waals surface area contributed by atoms with Crippen LogP contribution in [0.4, 0.5) is 0 Å². The topological polar surface area (TPSA) is 0 Å². The Bertz CT molecular complexity index is 21.3. The first-order chi connectivity index (χ1) is 0. The maximum atomic E-state index is 0. The van der Waals surface area contributed by atoms with Gasteiger partial charge in [-0.15, -0.1) is 0 Å². The van der Waals surface area contributed by atoms with Crippen molar-refractivity contribution in [3.63, 3.8) is 0 Å². The molecule has 0 nitrogen and oxygen atoms in total. The molecule has 80 valence electrons. The van der Waals surface area contributed by atoms with E-state index in [1.807, 2.05) is 0 Å². The van der Waals surface area contributed by atoms with E-state index in [9.17, 15) is 0 Å². The molecule has 0 aliphatic carbocycles. The van der Waals surface area contributed by atoms with Crippen molar-refractivity contribution in [1.82, 2.24) is 0 Å². The SMILES string of the molecule is [Hf+4].[Hf+4].[Hf+4].[Mo+6].[Mo+6].[Mo+6].[P-3].[P-3].[P-3].[P-3].[P-3].[P-3].[P-3].[P-3].[P-3].[P-3]. The summed E-state index contributed by atoms with van der Waals surface area (Å²) in [5, 5.41) is 0. The van der Waals surface area contributed by atoms with E-state index in [4.69, 9.17) is 0 Å². The van der Waals surface area contributed by atoms with Crippen LogP contribution in [0.3, 0.4) is 0 Å². The average Bonchev–Trinajstić information content (AvgIpc) is 0. The van der Waals surface area contributed by atoms with E-state index in [2.05, 4.69) is 0 Å². The van der Waals surface area contributed by atoms with Gasteiger partial charge in [0.15, 0.2) is 0 Å². The van der Waals surface area contributed by atoms with Crippen LogP contribution in [0.15, 0.2) is 0 Å². The summed E-state index contributed by atoms with van der Waals surface area (Å²) >= 11 is 0. The third kappa shape index (κ3) is 138. The van der Waals surface area contributed by atoms with Crippen molar-refractivity contribution in [2.45, 2.75) is 0 Å². The van der Waals surface area contributed by atoms with Crippen LogP contribution in [0, 0.1) is 0 Å². The van der Waals surface area contributed by atoms with Crippen molar-refractivity contribution in [3.05, 3.63) is 0 Å². The fraction of sp³-hybridized carbons (Fsp3) is 0. The molecule has 0 rings (SSSR count). The second-order valence-electron chi connectivity index (χ2n) is 0. The molecule has 0 aliphatic rings. The summed E-state index contributed by atoms with van der Waals surface area (Å²) in [7, 11) is 0. The Hall–Kier alpha value is 8.98. The van der Waals surface area contributed by atoms with Gasteiger partial charge in [-0.1, -0.05) is 0 Å². The van der Waals surface area contributed by atoms with Gasteiger partial charge in [0.25, 0.3) is 0 Å². The molecule has 0 aromatic rings. The van der Waals surface area contributed by atoms with E-state index in [0.717, 1.165) is 0 Å². The molecule has 0 saturated heterocycles. The van der Waals surface area contributed by atoms with Crippen molar-refractivity contribution >= 4 is 99.0 Å². The van der Waals surface area contributed by atoms with Crippen LogP contribution in [0.2, 0.25) is 0 Å². The summed E-state index contributed by atoms with van der Waals surface area (Å²) < 4.78 is 0. The van der Waals surface area contributed by atoms with Gasteiger partial charge in [-0.2, -0.15) is 0 Å². The van der Waals surface area contributed by atoms with Crippen LogP contribution in [-0.2, 0) is 141 Å². The first-order valence-electron chi connectivity index (χ1n) is 0. The molecule has 0 radical (unpaired) electrons. The van der Waals surface area contributed by atoms with Crippen molar-refractivity contribution in [1.29, 1.82) is 0 Å². The summed E-state index contributed by atoms with van der Waals surface area (Å²) in [6.07, 6.45) is 0. The van der Waals surface area contributed by atoms with Crippen LogP contribution in [-0.4, -0.2) is 0 Å². The predicted octanol–water partition coefficient (Wildman–Crippen LogP) is 8.60. The van der Waals surface area contributed by atoms with E-state index in [1.54, 1.807) is 0 Å². The molecular formula is Hf3Mo3P10. The Kier molecular flexibility index (Phi) is 1750. The van der Waals surface area contributed by atoms with E-state index in [0.29, 0.717) is 0 Å². The van der Waals surface area contributed by atoms with Gasteiger partial charge in [-0.05, 0) is 0 Å². The summed E-state index contributed by atoms with van der Waals surface area (Å²) in [6.45, 7) is 0. The van der Waals surface area contributed by atoms with Crippen LogP contribution in [0.25, 0.3) is 0 Å². The second-order valence-corrected chi connectivity index (χ2v) is 0. The summed E-state index contributed by atoms with van der Waals surface area (Å²) in [5.74, 6) is 0. The van der Waals surface area contributed by atoms with Crippen LogP contribution in [0.5, 0.6) is 0 Å². The quantitative estimate of drug-likeness (QED) is 0.169.